The third kappa shape index (κ3) is 4.85. The van der Waals surface area contributed by atoms with Crippen LogP contribution in [0.25, 0.3) is 0 Å². The maximum atomic E-state index is 13.2. The quantitative estimate of drug-likeness (QED) is 0.626. The number of carbonyl (C=O) groups excluding carboxylic acids is 1. The van der Waals surface area contributed by atoms with Crippen molar-refractivity contribution in [1.82, 2.24) is 4.90 Å². The lowest BCUT2D eigenvalue weighted by Gasteiger charge is -2.23. The molecule has 2 aromatic carbocycles. The third-order valence-corrected chi connectivity index (χ3v) is 4.00. The van der Waals surface area contributed by atoms with E-state index in [0.29, 0.717) is 11.3 Å². The number of hydrogen-bond donors (Lipinski definition) is 2. The summed E-state index contributed by atoms with van der Waals surface area (Å²) >= 11 is 0. The second-order valence-corrected chi connectivity index (χ2v) is 6.08. The molecule has 146 valence electrons. The molecule has 2 amide bonds. The Hall–Kier alpha value is -3.42. The molecule has 1 aromatic heterocycles. The molecule has 8 heteroatoms. The van der Waals surface area contributed by atoms with Gasteiger partial charge in [0.2, 0.25) is 0 Å². The van der Waals surface area contributed by atoms with Crippen LogP contribution in [0, 0.1) is 0 Å². The summed E-state index contributed by atoms with van der Waals surface area (Å²) in [5.74, 6) is 0.558. The molecule has 0 saturated carbocycles. The molecule has 0 radical (unpaired) electrons. The average molecular weight is 390 g/mol. The first kappa shape index (κ1) is 19.3. The Balaban J connectivity index is 1.83. The Morgan fingerprint density at radius 2 is 1.71 bits per heavy atom. The van der Waals surface area contributed by atoms with Crippen LogP contribution in [-0.4, -0.2) is 16.0 Å². The van der Waals surface area contributed by atoms with Crippen LogP contribution in [0.15, 0.2) is 71.3 Å². The maximum Gasteiger partial charge on any atom is 0.418 e. The minimum absolute atomic E-state index is 0.0634. The van der Waals surface area contributed by atoms with Crippen molar-refractivity contribution in [1.29, 1.82) is 0 Å². The summed E-state index contributed by atoms with van der Waals surface area (Å²) < 4.78 is 44.8. The van der Waals surface area contributed by atoms with E-state index in [1.807, 2.05) is 0 Å². The number of phenolic OH excluding ortho intramolecular Hbond substituents is 1. The smallest absolute Gasteiger partial charge is 0.418 e. The largest absolute Gasteiger partial charge is 0.508 e. The lowest BCUT2D eigenvalue weighted by atomic mass is 10.1. The van der Waals surface area contributed by atoms with Crippen LogP contribution in [0.1, 0.15) is 16.9 Å². The summed E-state index contributed by atoms with van der Waals surface area (Å²) in [6.07, 6.45) is -3.14. The van der Waals surface area contributed by atoms with Crippen molar-refractivity contribution in [2.24, 2.45) is 0 Å². The normalized spacial score (nSPS) is 11.2. The molecule has 0 aliphatic heterocycles. The van der Waals surface area contributed by atoms with Crippen molar-refractivity contribution in [3.05, 3.63) is 83.8 Å². The summed E-state index contributed by atoms with van der Waals surface area (Å²) in [5, 5.41) is 11.7. The van der Waals surface area contributed by atoms with E-state index in [2.05, 4.69) is 5.32 Å². The Kier molecular flexibility index (Phi) is 5.58. The number of para-hydroxylation sites is 1. The molecule has 0 aliphatic carbocycles. The van der Waals surface area contributed by atoms with Crippen molar-refractivity contribution in [2.75, 3.05) is 5.32 Å². The predicted octanol–water partition coefficient (Wildman–Crippen LogP) is 5.24. The van der Waals surface area contributed by atoms with Gasteiger partial charge in [-0.3, -0.25) is 0 Å². The molecule has 0 bridgehead atoms. The van der Waals surface area contributed by atoms with Gasteiger partial charge in [0, 0.05) is 6.54 Å². The molecular weight excluding hydrogens is 373 g/mol. The van der Waals surface area contributed by atoms with Gasteiger partial charge in [-0.1, -0.05) is 24.3 Å². The van der Waals surface area contributed by atoms with Crippen molar-refractivity contribution in [3.8, 4) is 5.75 Å². The van der Waals surface area contributed by atoms with Crippen LogP contribution in [0.2, 0.25) is 0 Å². The van der Waals surface area contributed by atoms with Crippen molar-refractivity contribution >= 4 is 11.7 Å². The number of hydrogen-bond acceptors (Lipinski definition) is 3. The Morgan fingerprint density at radius 3 is 2.36 bits per heavy atom. The standard InChI is InChI=1S/C20H17F3N2O3/c21-20(22,23)17-5-1-2-6-18(17)24-19(27)25(13-16-4-3-11-28-16)12-14-7-9-15(26)10-8-14/h1-11,26H,12-13H2,(H,24,27). The zero-order chi connectivity index (χ0) is 20.1. The Bertz CT molecular complexity index is 923. The first-order valence-electron chi connectivity index (χ1n) is 8.35. The monoisotopic (exact) mass is 390 g/mol. The van der Waals surface area contributed by atoms with Crippen LogP contribution < -0.4 is 5.32 Å². The zero-order valence-electron chi connectivity index (χ0n) is 14.6. The van der Waals surface area contributed by atoms with Gasteiger partial charge >= 0.3 is 12.2 Å². The number of halogens is 3. The van der Waals surface area contributed by atoms with Crippen molar-refractivity contribution in [3.63, 3.8) is 0 Å². The number of nitrogens with zero attached hydrogens (tertiary/aromatic N) is 1. The number of furan rings is 1. The summed E-state index contributed by atoms with van der Waals surface area (Å²) in [6, 6.07) is 13.6. The molecule has 5 nitrogen and oxygen atoms in total. The van der Waals surface area contributed by atoms with Gasteiger partial charge in [-0.15, -0.1) is 0 Å². The van der Waals surface area contributed by atoms with Gasteiger partial charge in [-0.2, -0.15) is 13.2 Å². The van der Waals surface area contributed by atoms with E-state index < -0.39 is 17.8 Å². The fraction of sp³-hybridized carbons (Fsp3) is 0.150. The van der Waals surface area contributed by atoms with Gasteiger partial charge in [-0.05, 0) is 42.0 Å². The van der Waals surface area contributed by atoms with Gasteiger partial charge in [0.25, 0.3) is 0 Å². The van der Waals surface area contributed by atoms with E-state index in [4.69, 9.17) is 4.42 Å². The third-order valence-electron chi connectivity index (χ3n) is 4.00. The Labute approximate surface area is 159 Å². The average Bonchev–Trinajstić information content (AvgIpc) is 3.15. The highest BCUT2D eigenvalue weighted by Crippen LogP contribution is 2.34. The minimum atomic E-state index is -4.59. The first-order chi connectivity index (χ1) is 13.3. The van der Waals surface area contributed by atoms with Crippen LogP contribution in [0.5, 0.6) is 5.75 Å². The van der Waals surface area contributed by atoms with Crippen LogP contribution >= 0.6 is 0 Å². The van der Waals surface area contributed by atoms with Gasteiger partial charge in [-0.25, -0.2) is 4.79 Å². The first-order valence-corrected chi connectivity index (χ1v) is 8.35. The number of nitrogens with one attached hydrogen (secondary N) is 1. The number of phenols is 1. The number of aromatic hydroxyl groups is 1. The Morgan fingerprint density at radius 1 is 1.00 bits per heavy atom. The van der Waals surface area contributed by atoms with Crippen molar-refractivity contribution in [2.45, 2.75) is 19.3 Å². The molecular formula is C20H17F3N2O3. The van der Waals surface area contributed by atoms with E-state index >= 15 is 0 Å². The molecule has 1 heterocycles. The lowest BCUT2D eigenvalue weighted by molar-refractivity contribution is -0.136. The molecule has 0 aliphatic rings. The molecule has 3 aromatic rings. The fourth-order valence-electron chi connectivity index (χ4n) is 2.65. The van der Waals surface area contributed by atoms with Crippen LogP contribution in [0.3, 0.4) is 0 Å². The van der Waals surface area contributed by atoms with E-state index in [9.17, 15) is 23.1 Å². The topological polar surface area (TPSA) is 65.7 Å². The van der Waals surface area contributed by atoms with Gasteiger partial charge in [0.1, 0.15) is 11.5 Å². The molecule has 0 fully saturated rings. The summed E-state index contributed by atoms with van der Waals surface area (Å²) in [7, 11) is 0. The van der Waals surface area contributed by atoms with Crippen LogP contribution in [-0.2, 0) is 19.3 Å². The van der Waals surface area contributed by atoms with Crippen LogP contribution in [0.4, 0.5) is 23.7 Å². The van der Waals surface area contributed by atoms with Gasteiger partial charge in [0.15, 0.2) is 0 Å². The number of alkyl halides is 3. The maximum absolute atomic E-state index is 13.2. The highest BCUT2D eigenvalue weighted by Gasteiger charge is 2.34. The highest BCUT2D eigenvalue weighted by atomic mass is 19.4. The van der Waals surface area contributed by atoms with E-state index in [1.165, 1.54) is 41.5 Å². The molecule has 2 N–H and O–H groups in total. The zero-order valence-corrected chi connectivity index (χ0v) is 14.6. The number of benzene rings is 2. The second kappa shape index (κ2) is 8.08. The highest BCUT2D eigenvalue weighted by molar-refractivity contribution is 5.90. The number of amides is 2. The van der Waals surface area contributed by atoms with E-state index in [0.717, 1.165) is 6.07 Å². The molecule has 28 heavy (non-hydrogen) atoms. The van der Waals surface area contributed by atoms with E-state index in [-0.39, 0.29) is 24.5 Å². The predicted molar refractivity (Wildman–Crippen MR) is 96.5 cm³/mol. The lowest BCUT2D eigenvalue weighted by Crippen LogP contribution is -2.34. The van der Waals surface area contributed by atoms with Gasteiger partial charge in [0.05, 0.1) is 24.1 Å². The fourth-order valence-corrected chi connectivity index (χ4v) is 2.65. The summed E-state index contributed by atoms with van der Waals surface area (Å²) in [4.78, 5) is 14.1. The SMILES string of the molecule is O=C(Nc1ccccc1C(F)(F)F)N(Cc1ccc(O)cc1)Cc1ccco1. The van der Waals surface area contributed by atoms with Crippen molar-refractivity contribution < 1.29 is 27.5 Å². The minimum Gasteiger partial charge on any atom is -0.508 e. The summed E-state index contributed by atoms with van der Waals surface area (Å²) in [6.45, 7) is 0.175. The summed E-state index contributed by atoms with van der Waals surface area (Å²) in [5.41, 5.74) is -0.551. The molecule has 0 unspecified atom stereocenters. The molecule has 0 spiro atoms. The molecule has 0 atom stereocenters. The second-order valence-electron chi connectivity index (χ2n) is 6.08. The number of carbonyl (C=O) groups is 1. The van der Waals surface area contributed by atoms with E-state index in [1.54, 1.807) is 24.3 Å². The molecule has 0 saturated heterocycles. The van der Waals surface area contributed by atoms with Gasteiger partial charge < -0.3 is 19.7 Å². The number of rotatable bonds is 5. The molecule has 3 rings (SSSR count). The number of anilines is 1. The number of urea groups is 1.